The van der Waals surface area contributed by atoms with E-state index in [0.717, 1.165) is 38.4 Å². The van der Waals surface area contributed by atoms with Gasteiger partial charge < -0.3 is 10.4 Å². The number of piperidine rings is 1. The van der Waals surface area contributed by atoms with E-state index < -0.39 is 17.5 Å². The molecule has 2 atom stereocenters. The molecule has 4 rings (SSSR count). The van der Waals surface area contributed by atoms with Crippen LogP contribution >= 0.6 is 0 Å². The Labute approximate surface area is 160 Å². The van der Waals surface area contributed by atoms with E-state index in [0.29, 0.717) is 23.8 Å². The molecule has 28 heavy (non-hydrogen) atoms. The minimum atomic E-state index is -4.52. The Morgan fingerprint density at radius 1 is 1.14 bits per heavy atom. The molecule has 9 heteroatoms. The van der Waals surface area contributed by atoms with Gasteiger partial charge in [0.1, 0.15) is 11.4 Å². The SMILES string of the molecule is Cc1nc(N[C@H]2CCCN3CCC[C@H]23)nnc1-c1ccc(C(F)(F)F)cc1O. The molecule has 0 radical (unpaired) electrons. The highest BCUT2D eigenvalue weighted by Gasteiger charge is 2.35. The summed E-state index contributed by atoms with van der Waals surface area (Å²) in [5.41, 5.74) is 0.0234. The van der Waals surface area contributed by atoms with E-state index in [1.807, 2.05) is 0 Å². The molecule has 150 valence electrons. The first-order valence-electron chi connectivity index (χ1n) is 9.45. The van der Waals surface area contributed by atoms with Crippen LogP contribution in [0.5, 0.6) is 5.75 Å². The number of benzene rings is 1. The Morgan fingerprint density at radius 3 is 2.57 bits per heavy atom. The topological polar surface area (TPSA) is 74.2 Å². The van der Waals surface area contributed by atoms with Crippen LogP contribution in [0.25, 0.3) is 11.3 Å². The smallest absolute Gasteiger partial charge is 0.416 e. The average molecular weight is 393 g/mol. The predicted molar refractivity (Wildman–Crippen MR) is 97.9 cm³/mol. The molecule has 2 aliphatic rings. The van der Waals surface area contributed by atoms with Crippen molar-refractivity contribution in [1.82, 2.24) is 20.1 Å². The van der Waals surface area contributed by atoms with E-state index in [4.69, 9.17) is 0 Å². The summed E-state index contributed by atoms with van der Waals surface area (Å²) in [5.74, 6) is -0.0880. The maximum Gasteiger partial charge on any atom is 0.416 e. The van der Waals surface area contributed by atoms with Crippen LogP contribution in [0.4, 0.5) is 19.1 Å². The lowest BCUT2D eigenvalue weighted by molar-refractivity contribution is -0.137. The zero-order chi connectivity index (χ0) is 19.9. The van der Waals surface area contributed by atoms with Gasteiger partial charge in [-0.1, -0.05) is 0 Å². The summed E-state index contributed by atoms with van der Waals surface area (Å²) in [7, 11) is 0. The number of nitrogens with zero attached hydrogens (tertiary/aromatic N) is 4. The number of hydrogen-bond donors (Lipinski definition) is 2. The van der Waals surface area contributed by atoms with Crippen molar-refractivity contribution in [2.24, 2.45) is 0 Å². The molecule has 0 spiro atoms. The van der Waals surface area contributed by atoms with Crippen LogP contribution in [-0.2, 0) is 6.18 Å². The van der Waals surface area contributed by atoms with Crippen LogP contribution < -0.4 is 5.32 Å². The van der Waals surface area contributed by atoms with E-state index in [9.17, 15) is 18.3 Å². The van der Waals surface area contributed by atoms with E-state index >= 15 is 0 Å². The predicted octanol–water partition coefficient (Wildman–Crippen LogP) is 3.61. The molecular formula is C19H22F3N5O. The van der Waals surface area contributed by atoms with E-state index in [1.54, 1.807) is 6.92 Å². The molecule has 2 fully saturated rings. The summed E-state index contributed by atoms with van der Waals surface area (Å²) >= 11 is 0. The van der Waals surface area contributed by atoms with Crippen LogP contribution in [0.15, 0.2) is 18.2 Å². The van der Waals surface area contributed by atoms with Crippen molar-refractivity contribution in [2.75, 3.05) is 18.4 Å². The third kappa shape index (κ3) is 3.63. The molecule has 2 aliphatic heterocycles. The molecule has 2 saturated heterocycles. The fourth-order valence-corrected chi connectivity index (χ4v) is 4.25. The van der Waals surface area contributed by atoms with Gasteiger partial charge >= 0.3 is 6.18 Å². The molecule has 3 heterocycles. The third-order valence-corrected chi connectivity index (χ3v) is 5.59. The van der Waals surface area contributed by atoms with Crippen molar-refractivity contribution in [1.29, 1.82) is 0 Å². The van der Waals surface area contributed by atoms with Crippen molar-refractivity contribution in [3.8, 4) is 17.0 Å². The van der Waals surface area contributed by atoms with Crippen molar-refractivity contribution in [2.45, 2.75) is 50.9 Å². The van der Waals surface area contributed by atoms with Gasteiger partial charge in [0.15, 0.2) is 0 Å². The van der Waals surface area contributed by atoms with Gasteiger partial charge in [-0.2, -0.15) is 13.2 Å². The highest BCUT2D eigenvalue weighted by atomic mass is 19.4. The molecule has 0 unspecified atom stereocenters. The van der Waals surface area contributed by atoms with Crippen molar-refractivity contribution in [3.05, 3.63) is 29.5 Å². The van der Waals surface area contributed by atoms with Gasteiger partial charge in [-0.05, 0) is 63.9 Å². The van der Waals surface area contributed by atoms with Crippen molar-refractivity contribution < 1.29 is 18.3 Å². The van der Waals surface area contributed by atoms with Gasteiger partial charge in [-0.25, -0.2) is 4.98 Å². The van der Waals surface area contributed by atoms with E-state index in [2.05, 4.69) is 25.4 Å². The lowest BCUT2D eigenvalue weighted by Gasteiger charge is -2.36. The van der Waals surface area contributed by atoms with Crippen molar-refractivity contribution >= 4 is 5.95 Å². The van der Waals surface area contributed by atoms with Crippen LogP contribution in [0.1, 0.15) is 36.9 Å². The molecule has 0 bridgehead atoms. The number of alkyl halides is 3. The maximum atomic E-state index is 12.8. The lowest BCUT2D eigenvalue weighted by Crippen LogP contribution is -2.47. The number of aryl methyl sites for hydroxylation is 1. The number of fused-ring (bicyclic) bond motifs is 1. The maximum absolute atomic E-state index is 12.8. The fourth-order valence-electron chi connectivity index (χ4n) is 4.25. The van der Waals surface area contributed by atoms with Crippen LogP contribution in [0.3, 0.4) is 0 Å². The largest absolute Gasteiger partial charge is 0.507 e. The molecule has 1 aromatic heterocycles. The molecule has 0 aliphatic carbocycles. The Hall–Kier alpha value is -2.42. The monoisotopic (exact) mass is 393 g/mol. The van der Waals surface area contributed by atoms with Gasteiger partial charge in [0.05, 0.1) is 11.3 Å². The van der Waals surface area contributed by atoms with E-state index in [-0.39, 0.29) is 17.3 Å². The Balaban J connectivity index is 1.55. The molecule has 2 aromatic rings. The number of aromatic nitrogens is 3. The third-order valence-electron chi connectivity index (χ3n) is 5.59. The van der Waals surface area contributed by atoms with Crippen LogP contribution in [0.2, 0.25) is 0 Å². The summed E-state index contributed by atoms with van der Waals surface area (Å²) in [6.45, 7) is 3.97. The number of nitrogens with one attached hydrogen (secondary N) is 1. The van der Waals surface area contributed by atoms with Gasteiger partial charge in [0, 0.05) is 17.6 Å². The molecule has 2 N–H and O–H groups in total. The second-order valence-corrected chi connectivity index (χ2v) is 7.44. The number of anilines is 1. The number of phenols is 1. The lowest BCUT2D eigenvalue weighted by atomic mass is 9.96. The van der Waals surface area contributed by atoms with Crippen LogP contribution in [-0.4, -0.2) is 50.4 Å². The number of aromatic hydroxyl groups is 1. The Bertz CT molecular complexity index is 873. The normalized spacial score (nSPS) is 22.9. The minimum Gasteiger partial charge on any atom is -0.507 e. The number of phenolic OH excluding ortho intramolecular Hbond substituents is 1. The molecule has 0 amide bonds. The van der Waals surface area contributed by atoms with Crippen LogP contribution in [0, 0.1) is 6.92 Å². The summed E-state index contributed by atoms with van der Waals surface area (Å²) in [4.78, 5) is 6.93. The van der Waals surface area contributed by atoms with Crippen molar-refractivity contribution in [3.63, 3.8) is 0 Å². The Morgan fingerprint density at radius 2 is 1.89 bits per heavy atom. The summed E-state index contributed by atoms with van der Waals surface area (Å²) in [5, 5.41) is 21.7. The zero-order valence-corrected chi connectivity index (χ0v) is 15.5. The number of halogens is 3. The number of hydrogen-bond acceptors (Lipinski definition) is 6. The zero-order valence-electron chi connectivity index (χ0n) is 15.5. The van der Waals surface area contributed by atoms with Gasteiger partial charge in [0.25, 0.3) is 0 Å². The first-order chi connectivity index (χ1) is 13.3. The summed E-state index contributed by atoms with van der Waals surface area (Å²) in [6, 6.07) is 3.55. The Kier molecular flexibility index (Phi) is 4.86. The standard InChI is InChI=1S/C19H22F3N5O/c1-11-17(13-7-6-12(10-16(13)28)19(20,21)22)25-26-18(23-11)24-14-4-2-8-27-9-3-5-15(14)27/h6-7,10,14-15,28H,2-5,8-9H2,1H3,(H,23,24,26)/t14-,15+/m0/s1. The highest BCUT2D eigenvalue weighted by Crippen LogP contribution is 2.36. The average Bonchev–Trinajstić information content (AvgIpc) is 3.11. The molecule has 6 nitrogen and oxygen atoms in total. The second-order valence-electron chi connectivity index (χ2n) is 7.44. The summed E-state index contributed by atoms with van der Waals surface area (Å²) < 4.78 is 38.4. The first kappa shape index (κ1) is 18.9. The quantitative estimate of drug-likeness (QED) is 0.830. The highest BCUT2D eigenvalue weighted by molar-refractivity contribution is 5.69. The molecule has 1 aromatic carbocycles. The fraction of sp³-hybridized carbons (Fsp3) is 0.526. The second kappa shape index (κ2) is 7.20. The minimum absolute atomic E-state index is 0.177. The van der Waals surface area contributed by atoms with Gasteiger partial charge in [-0.3, -0.25) is 4.90 Å². The summed E-state index contributed by atoms with van der Waals surface area (Å²) in [6.07, 6.45) is 0.00862. The number of rotatable bonds is 3. The first-order valence-corrected chi connectivity index (χ1v) is 9.45. The van der Waals surface area contributed by atoms with E-state index in [1.165, 1.54) is 12.5 Å². The van der Waals surface area contributed by atoms with Gasteiger partial charge in [0.2, 0.25) is 5.95 Å². The molecular weight excluding hydrogens is 371 g/mol. The molecule has 0 saturated carbocycles. The van der Waals surface area contributed by atoms with Gasteiger partial charge in [-0.15, -0.1) is 10.2 Å².